The molecule has 1 fully saturated rings. The molecular formula is C17H14ClN3OS. The highest BCUT2D eigenvalue weighted by Crippen LogP contribution is 2.37. The lowest BCUT2D eigenvalue weighted by Gasteiger charge is -2.23. The van der Waals surface area contributed by atoms with Gasteiger partial charge < -0.3 is 4.90 Å². The molecule has 1 aliphatic heterocycles. The third-order valence-corrected chi connectivity index (χ3v) is 5.54. The van der Waals surface area contributed by atoms with Crippen molar-refractivity contribution in [3.8, 4) is 0 Å². The van der Waals surface area contributed by atoms with Gasteiger partial charge in [0.05, 0.1) is 21.8 Å². The molecule has 1 atom stereocenters. The van der Waals surface area contributed by atoms with Crippen molar-refractivity contribution >= 4 is 39.1 Å². The van der Waals surface area contributed by atoms with Crippen LogP contribution in [-0.4, -0.2) is 27.3 Å². The van der Waals surface area contributed by atoms with Crippen molar-refractivity contribution in [2.75, 3.05) is 6.54 Å². The van der Waals surface area contributed by atoms with Crippen LogP contribution < -0.4 is 0 Å². The fraction of sp³-hybridized carbons (Fsp3) is 0.235. The number of hydrogen-bond donors (Lipinski definition) is 0. The van der Waals surface area contributed by atoms with Gasteiger partial charge in [-0.15, -0.1) is 11.3 Å². The molecule has 0 aliphatic carbocycles. The van der Waals surface area contributed by atoms with Gasteiger partial charge in [-0.1, -0.05) is 23.7 Å². The first-order valence-corrected chi connectivity index (χ1v) is 8.70. The number of para-hydroxylation sites is 1. The predicted molar refractivity (Wildman–Crippen MR) is 91.9 cm³/mol. The van der Waals surface area contributed by atoms with Crippen molar-refractivity contribution in [2.45, 2.75) is 18.9 Å². The first kappa shape index (κ1) is 14.6. The minimum atomic E-state index is -0.0649. The highest BCUT2D eigenvalue weighted by Gasteiger charge is 2.33. The minimum Gasteiger partial charge on any atom is -0.329 e. The molecule has 3 heterocycles. The van der Waals surface area contributed by atoms with Crippen LogP contribution in [0.2, 0.25) is 5.15 Å². The fourth-order valence-corrected chi connectivity index (χ4v) is 4.31. The van der Waals surface area contributed by atoms with Crippen LogP contribution in [0.3, 0.4) is 0 Å². The number of nitrogens with zero attached hydrogens (tertiary/aromatic N) is 3. The molecule has 116 valence electrons. The van der Waals surface area contributed by atoms with E-state index in [-0.39, 0.29) is 17.1 Å². The Labute approximate surface area is 142 Å². The van der Waals surface area contributed by atoms with Crippen LogP contribution >= 0.6 is 22.9 Å². The summed E-state index contributed by atoms with van der Waals surface area (Å²) in [6.07, 6.45) is 3.50. The number of carbonyl (C=O) groups is 1. The van der Waals surface area contributed by atoms with Gasteiger partial charge in [0, 0.05) is 12.7 Å². The van der Waals surface area contributed by atoms with E-state index in [1.807, 2.05) is 23.1 Å². The summed E-state index contributed by atoms with van der Waals surface area (Å²) in [6, 6.07) is 11.6. The number of rotatable bonds is 2. The van der Waals surface area contributed by atoms with E-state index in [1.54, 1.807) is 29.7 Å². The first-order chi connectivity index (χ1) is 11.2. The Bertz CT molecular complexity index is 846. The van der Waals surface area contributed by atoms with Gasteiger partial charge in [-0.05, 0) is 37.1 Å². The molecule has 1 aliphatic rings. The van der Waals surface area contributed by atoms with Crippen LogP contribution in [0.5, 0.6) is 0 Å². The molecular weight excluding hydrogens is 330 g/mol. The van der Waals surface area contributed by atoms with E-state index in [0.29, 0.717) is 5.56 Å². The molecule has 0 N–H and O–H groups in total. The van der Waals surface area contributed by atoms with Gasteiger partial charge in [-0.25, -0.2) is 9.97 Å². The van der Waals surface area contributed by atoms with Gasteiger partial charge in [0.1, 0.15) is 10.2 Å². The number of hydrogen-bond acceptors (Lipinski definition) is 4. The van der Waals surface area contributed by atoms with Crippen LogP contribution in [0.1, 0.15) is 34.2 Å². The Morgan fingerprint density at radius 2 is 2.13 bits per heavy atom. The Morgan fingerprint density at radius 3 is 2.96 bits per heavy atom. The zero-order valence-electron chi connectivity index (χ0n) is 12.3. The molecule has 0 spiro atoms. The molecule has 4 rings (SSSR count). The van der Waals surface area contributed by atoms with Gasteiger partial charge in [-0.3, -0.25) is 4.79 Å². The molecule has 4 nitrogen and oxygen atoms in total. The van der Waals surface area contributed by atoms with Crippen molar-refractivity contribution in [3.63, 3.8) is 0 Å². The average Bonchev–Trinajstić information content (AvgIpc) is 3.21. The zero-order chi connectivity index (χ0) is 15.8. The lowest BCUT2D eigenvalue weighted by Crippen LogP contribution is -2.30. The van der Waals surface area contributed by atoms with Gasteiger partial charge >= 0.3 is 0 Å². The van der Waals surface area contributed by atoms with Crippen LogP contribution in [0.25, 0.3) is 10.2 Å². The third-order valence-electron chi connectivity index (χ3n) is 4.10. The standard InChI is InChI=1S/C17H14ClN3OS/c18-15-11(5-3-9-19-15)17(22)21-10-4-7-13(21)16-20-12-6-1-2-8-14(12)23-16/h1-3,5-6,8-9,13H,4,7,10H2. The topological polar surface area (TPSA) is 46.1 Å². The molecule has 2 aromatic heterocycles. The number of fused-ring (bicyclic) bond motifs is 1. The van der Waals surface area contributed by atoms with Crippen molar-refractivity contribution in [2.24, 2.45) is 0 Å². The normalized spacial score (nSPS) is 17.8. The SMILES string of the molecule is O=C(c1cccnc1Cl)N1CCCC1c1nc2ccccc2s1. The smallest absolute Gasteiger partial charge is 0.257 e. The zero-order valence-corrected chi connectivity index (χ0v) is 13.8. The van der Waals surface area contributed by atoms with E-state index in [2.05, 4.69) is 11.1 Å². The van der Waals surface area contributed by atoms with Crippen LogP contribution in [-0.2, 0) is 0 Å². The van der Waals surface area contributed by atoms with Crippen LogP contribution in [0.15, 0.2) is 42.6 Å². The average molecular weight is 344 g/mol. The van der Waals surface area contributed by atoms with Gasteiger partial charge in [-0.2, -0.15) is 0 Å². The molecule has 1 unspecified atom stereocenters. The summed E-state index contributed by atoms with van der Waals surface area (Å²) in [7, 11) is 0. The van der Waals surface area contributed by atoms with Crippen molar-refractivity contribution in [1.82, 2.24) is 14.9 Å². The monoisotopic (exact) mass is 343 g/mol. The predicted octanol–water partition coefficient (Wildman–Crippen LogP) is 4.32. The molecule has 1 aromatic carbocycles. The second-order valence-corrected chi connectivity index (χ2v) is 6.94. The van der Waals surface area contributed by atoms with Crippen molar-refractivity contribution in [1.29, 1.82) is 0 Å². The molecule has 0 bridgehead atoms. The number of carbonyl (C=O) groups excluding carboxylic acids is 1. The second-order valence-electron chi connectivity index (χ2n) is 5.52. The van der Waals surface area contributed by atoms with E-state index in [4.69, 9.17) is 16.6 Å². The maximum absolute atomic E-state index is 12.8. The summed E-state index contributed by atoms with van der Waals surface area (Å²) in [4.78, 5) is 23.4. The quantitative estimate of drug-likeness (QED) is 0.651. The number of amides is 1. The summed E-state index contributed by atoms with van der Waals surface area (Å²) < 4.78 is 1.15. The Balaban J connectivity index is 1.69. The number of pyridine rings is 1. The number of benzene rings is 1. The minimum absolute atomic E-state index is 0.0242. The summed E-state index contributed by atoms with van der Waals surface area (Å²) in [5, 5.41) is 1.25. The summed E-state index contributed by atoms with van der Waals surface area (Å²) in [6.45, 7) is 0.727. The van der Waals surface area contributed by atoms with E-state index in [0.717, 1.165) is 34.6 Å². The second kappa shape index (κ2) is 5.91. The summed E-state index contributed by atoms with van der Waals surface area (Å²) in [5.41, 5.74) is 1.45. The highest BCUT2D eigenvalue weighted by atomic mass is 35.5. The largest absolute Gasteiger partial charge is 0.329 e. The Hall–Kier alpha value is -1.98. The van der Waals surface area contributed by atoms with Gasteiger partial charge in [0.2, 0.25) is 0 Å². The number of halogens is 1. The van der Waals surface area contributed by atoms with E-state index in [9.17, 15) is 4.79 Å². The number of aromatic nitrogens is 2. The van der Waals surface area contributed by atoms with E-state index < -0.39 is 0 Å². The van der Waals surface area contributed by atoms with Crippen LogP contribution in [0.4, 0.5) is 0 Å². The fourth-order valence-electron chi connectivity index (χ4n) is 3.00. The Morgan fingerprint density at radius 1 is 1.26 bits per heavy atom. The van der Waals surface area contributed by atoms with E-state index >= 15 is 0 Å². The number of likely N-dealkylation sites (tertiary alicyclic amines) is 1. The maximum atomic E-state index is 12.8. The Kier molecular flexibility index (Phi) is 3.75. The number of thiazole rings is 1. The molecule has 0 saturated carbocycles. The molecule has 0 radical (unpaired) electrons. The molecule has 1 saturated heterocycles. The van der Waals surface area contributed by atoms with Crippen molar-refractivity contribution < 1.29 is 4.79 Å². The third kappa shape index (κ3) is 2.60. The molecule has 1 amide bonds. The van der Waals surface area contributed by atoms with E-state index in [1.165, 1.54) is 0 Å². The van der Waals surface area contributed by atoms with Crippen molar-refractivity contribution in [3.05, 3.63) is 58.3 Å². The maximum Gasteiger partial charge on any atom is 0.257 e. The molecule has 6 heteroatoms. The molecule has 3 aromatic rings. The molecule has 23 heavy (non-hydrogen) atoms. The lowest BCUT2D eigenvalue weighted by molar-refractivity contribution is 0.0735. The van der Waals surface area contributed by atoms with Gasteiger partial charge in [0.25, 0.3) is 5.91 Å². The first-order valence-electron chi connectivity index (χ1n) is 7.51. The summed E-state index contributed by atoms with van der Waals surface area (Å²) in [5.74, 6) is -0.0649. The summed E-state index contributed by atoms with van der Waals surface area (Å²) >= 11 is 7.75. The van der Waals surface area contributed by atoms with Crippen LogP contribution in [0, 0.1) is 0 Å². The van der Waals surface area contributed by atoms with Gasteiger partial charge in [0.15, 0.2) is 0 Å². The lowest BCUT2D eigenvalue weighted by atomic mass is 10.2. The highest BCUT2D eigenvalue weighted by molar-refractivity contribution is 7.18.